The highest BCUT2D eigenvalue weighted by Gasteiger charge is 2.63. The first-order chi connectivity index (χ1) is 12.8. The standard InChI is InChI=1S/C23H34NO3/c1-22(2)19-9-10-23(22,3)20(15-19)27-21(25)17-24(11-13-26-14-12-24)16-18-7-5-4-6-8-18/h4-8,19-20H,9-17H2,1-3H3/q+1/t19-,20+,23-/m1/s1. The van der Waals surface area contributed by atoms with Crippen LogP contribution >= 0.6 is 0 Å². The second-order valence-electron chi connectivity index (χ2n) is 9.79. The number of carbonyl (C=O) groups excluding carboxylic acids is 1. The number of esters is 1. The molecule has 4 heteroatoms. The molecule has 1 saturated heterocycles. The summed E-state index contributed by atoms with van der Waals surface area (Å²) in [5, 5.41) is 0. The van der Waals surface area contributed by atoms with Crippen molar-refractivity contribution in [3.63, 3.8) is 0 Å². The highest BCUT2D eigenvalue weighted by Crippen LogP contribution is 2.66. The Balaban J connectivity index is 1.45. The first-order valence-electron chi connectivity index (χ1n) is 10.5. The lowest BCUT2D eigenvalue weighted by Crippen LogP contribution is -2.57. The Kier molecular flexibility index (Phi) is 4.84. The summed E-state index contributed by atoms with van der Waals surface area (Å²) < 4.78 is 12.5. The van der Waals surface area contributed by atoms with Crippen LogP contribution in [-0.4, -0.2) is 49.4 Å². The zero-order valence-corrected chi connectivity index (χ0v) is 17.1. The van der Waals surface area contributed by atoms with Crippen LogP contribution in [0.1, 0.15) is 45.6 Å². The SMILES string of the molecule is CC1(C)[C@@H]2CC[C@]1(C)[C@@H](OC(=O)C[N+]1(Cc3ccccc3)CCOCC1)C2. The molecule has 4 rings (SSSR count). The molecule has 1 heterocycles. The van der Waals surface area contributed by atoms with Gasteiger partial charge in [0.2, 0.25) is 0 Å². The summed E-state index contributed by atoms with van der Waals surface area (Å²) in [6.07, 6.45) is 3.58. The Hall–Kier alpha value is -1.39. The summed E-state index contributed by atoms with van der Waals surface area (Å²) in [5.41, 5.74) is 1.68. The number of carbonyl (C=O) groups is 1. The van der Waals surface area contributed by atoms with Gasteiger partial charge in [0.15, 0.2) is 6.54 Å². The van der Waals surface area contributed by atoms with Gasteiger partial charge in [-0.05, 0) is 30.6 Å². The zero-order chi connectivity index (χ0) is 19.1. The van der Waals surface area contributed by atoms with Gasteiger partial charge in [-0.2, -0.15) is 0 Å². The molecule has 0 aromatic heterocycles. The smallest absolute Gasteiger partial charge is 0.362 e. The average molecular weight is 373 g/mol. The molecule has 2 aliphatic carbocycles. The van der Waals surface area contributed by atoms with Gasteiger partial charge >= 0.3 is 5.97 Å². The second kappa shape index (κ2) is 6.89. The van der Waals surface area contributed by atoms with E-state index in [2.05, 4.69) is 45.0 Å². The Morgan fingerprint density at radius 2 is 1.89 bits per heavy atom. The minimum absolute atomic E-state index is 0.0255. The van der Waals surface area contributed by atoms with Crippen molar-refractivity contribution in [2.24, 2.45) is 16.7 Å². The van der Waals surface area contributed by atoms with Crippen molar-refractivity contribution in [3.8, 4) is 0 Å². The molecule has 1 aromatic carbocycles. The van der Waals surface area contributed by atoms with Crippen LogP contribution in [0.4, 0.5) is 0 Å². The molecule has 0 spiro atoms. The summed E-state index contributed by atoms with van der Waals surface area (Å²) >= 11 is 0. The maximum absolute atomic E-state index is 13.0. The number of hydrogen-bond acceptors (Lipinski definition) is 3. The molecule has 0 unspecified atom stereocenters. The van der Waals surface area contributed by atoms with Crippen LogP contribution in [0, 0.1) is 16.7 Å². The van der Waals surface area contributed by atoms with Crippen molar-refractivity contribution in [1.82, 2.24) is 0 Å². The lowest BCUT2D eigenvalue weighted by Gasteiger charge is -2.42. The largest absolute Gasteiger partial charge is 0.458 e. The molecule has 27 heavy (non-hydrogen) atoms. The molecule has 4 nitrogen and oxygen atoms in total. The summed E-state index contributed by atoms with van der Waals surface area (Å²) in [5.74, 6) is 0.665. The predicted molar refractivity (Wildman–Crippen MR) is 105 cm³/mol. The minimum Gasteiger partial charge on any atom is -0.458 e. The normalized spacial score (nSPS) is 33.7. The number of ether oxygens (including phenoxy) is 2. The summed E-state index contributed by atoms with van der Waals surface area (Å²) in [4.78, 5) is 13.0. The number of quaternary nitrogens is 1. The highest BCUT2D eigenvalue weighted by molar-refractivity contribution is 5.71. The van der Waals surface area contributed by atoms with E-state index in [0.29, 0.717) is 12.5 Å². The van der Waals surface area contributed by atoms with E-state index in [1.807, 2.05) is 6.07 Å². The Morgan fingerprint density at radius 3 is 2.48 bits per heavy atom. The number of hydrogen-bond donors (Lipinski definition) is 0. The van der Waals surface area contributed by atoms with Gasteiger partial charge < -0.3 is 14.0 Å². The monoisotopic (exact) mass is 372 g/mol. The van der Waals surface area contributed by atoms with Gasteiger partial charge in [0.05, 0.1) is 13.2 Å². The molecular formula is C23H34NO3+. The highest BCUT2D eigenvalue weighted by atomic mass is 16.5. The second-order valence-corrected chi connectivity index (χ2v) is 9.79. The molecule has 3 atom stereocenters. The summed E-state index contributed by atoms with van der Waals surface area (Å²) in [7, 11) is 0. The van der Waals surface area contributed by atoms with Crippen LogP contribution in [0.5, 0.6) is 0 Å². The van der Waals surface area contributed by atoms with Crippen molar-refractivity contribution in [2.45, 2.75) is 52.7 Å². The first kappa shape index (κ1) is 18.9. The first-order valence-corrected chi connectivity index (χ1v) is 10.5. The van der Waals surface area contributed by atoms with Crippen LogP contribution < -0.4 is 0 Å². The molecule has 148 valence electrons. The van der Waals surface area contributed by atoms with E-state index in [4.69, 9.17) is 9.47 Å². The molecular weight excluding hydrogens is 338 g/mol. The summed E-state index contributed by atoms with van der Waals surface area (Å²) in [6.45, 7) is 11.6. The lowest BCUT2D eigenvalue weighted by molar-refractivity contribution is -0.941. The zero-order valence-electron chi connectivity index (χ0n) is 17.1. The quantitative estimate of drug-likeness (QED) is 0.583. The number of benzene rings is 1. The third kappa shape index (κ3) is 3.31. The van der Waals surface area contributed by atoms with Crippen LogP contribution in [-0.2, 0) is 20.8 Å². The van der Waals surface area contributed by atoms with Crippen LogP contribution in [0.15, 0.2) is 30.3 Å². The molecule has 2 saturated carbocycles. The van der Waals surface area contributed by atoms with E-state index < -0.39 is 0 Å². The average Bonchev–Trinajstić information content (AvgIpc) is 2.96. The van der Waals surface area contributed by atoms with Gasteiger partial charge in [-0.3, -0.25) is 0 Å². The van der Waals surface area contributed by atoms with Crippen LogP contribution in [0.2, 0.25) is 0 Å². The molecule has 3 aliphatic rings. The molecule has 0 amide bonds. The molecule has 1 aliphatic heterocycles. The minimum atomic E-state index is -0.0255. The van der Waals surface area contributed by atoms with E-state index in [0.717, 1.165) is 43.8 Å². The topological polar surface area (TPSA) is 35.5 Å². The number of fused-ring (bicyclic) bond motifs is 2. The van der Waals surface area contributed by atoms with E-state index in [1.165, 1.54) is 18.4 Å². The van der Waals surface area contributed by atoms with Crippen LogP contribution in [0.3, 0.4) is 0 Å². The third-order valence-corrected chi connectivity index (χ3v) is 8.23. The van der Waals surface area contributed by atoms with Crippen molar-refractivity contribution in [3.05, 3.63) is 35.9 Å². The fourth-order valence-electron chi connectivity index (χ4n) is 5.85. The third-order valence-electron chi connectivity index (χ3n) is 8.23. The van der Waals surface area contributed by atoms with E-state index >= 15 is 0 Å². The molecule has 2 bridgehead atoms. The Bertz CT molecular complexity index is 680. The molecule has 3 fully saturated rings. The fraction of sp³-hybridized carbons (Fsp3) is 0.696. The van der Waals surface area contributed by atoms with Crippen molar-refractivity contribution in [1.29, 1.82) is 0 Å². The molecule has 0 radical (unpaired) electrons. The van der Waals surface area contributed by atoms with Gasteiger partial charge in [0.25, 0.3) is 0 Å². The molecule has 1 aromatic rings. The van der Waals surface area contributed by atoms with Crippen molar-refractivity contribution in [2.75, 3.05) is 32.8 Å². The number of morpholine rings is 1. The number of rotatable bonds is 5. The van der Waals surface area contributed by atoms with E-state index in [-0.39, 0.29) is 22.9 Å². The van der Waals surface area contributed by atoms with Gasteiger partial charge in [0, 0.05) is 11.0 Å². The lowest BCUT2D eigenvalue weighted by atomic mass is 9.70. The van der Waals surface area contributed by atoms with Crippen molar-refractivity contribution >= 4 is 5.97 Å². The predicted octanol–water partition coefficient (Wildman–Crippen LogP) is 3.79. The van der Waals surface area contributed by atoms with Gasteiger partial charge in [0.1, 0.15) is 25.7 Å². The van der Waals surface area contributed by atoms with E-state index in [9.17, 15) is 4.79 Å². The van der Waals surface area contributed by atoms with Crippen LogP contribution in [0.25, 0.3) is 0 Å². The Morgan fingerprint density at radius 1 is 1.19 bits per heavy atom. The fourth-order valence-corrected chi connectivity index (χ4v) is 5.85. The van der Waals surface area contributed by atoms with Gasteiger partial charge in [-0.15, -0.1) is 0 Å². The van der Waals surface area contributed by atoms with Gasteiger partial charge in [-0.1, -0.05) is 51.1 Å². The number of nitrogens with zero attached hydrogens (tertiary/aromatic N) is 1. The van der Waals surface area contributed by atoms with E-state index in [1.54, 1.807) is 0 Å². The summed E-state index contributed by atoms with van der Waals surface area (Å²) in [6, 6.07) is 10.5. The maximum Gasteiger partial charge on any atom is 0.362 e. The Labute approximate surface area is 163 Å². The van der Waals surface area contributed by atoms with Gasteiger partial charge in [-0.25, -0.2) is 4.79 Å². The maximum atomic E-state index is 13.0. The molecule has 0 N–H and O–H groups in total. The van der Waals surface area contributed by atoms with Crippen molar-refractivity contribution < 1.29 is 18.8 Å².